The smallest absolute Gasteiger partial charge is 0.330 e. The van der Waals surface area contributed by atoms with Gasteiger partial charge >= 0.3 is 5.97 Å². The van der Waals surface area contributed by atoms with E-state index in [1.165, 1.54) is 35.3 Å². The summed E-state index contributed by atoms with van der Waals surface area (Å²) in [6.45, 7) is 5.59. The normalized spacial score (nSPS) is 11.8. The summed E-state index contributed by atoms with van der Waals surface area (Å²) in [5.74, 6) is -0.171. The van der Waals surface area contributed by atoms with E-state index >= 15 is 0 Å². The average Bonchev–Trinajstić information content (AvgIpc) is 3.08. The van der Waals surface area contributed by atoms with E-state index in [0.717, 1.165) is 36.1 Å². The van der Waals surface area contributed by atoms with E-state index in [0.29, 0.717) is 32.9 Å². The average molecular weight is 661 g/mol. The molecule has 0 unspecified atom stereocenters. The van der Waals surface area contributed by atoms with Gasteiger partial charge in [0.2, 0.25) is 0 Å². The van der Waals surface area contributed by atoms with Crippen LogP contribution in [0.5, 0.6) is 5.75 Å². The Labute approximate surface area is 280 Å². The molecule has 46 heavy (non-hydrogen) atoms. The van der Waals surface area contributed by atoms with Gasteiger partial charge in [-0.05, 0) is 79.2 Å². The maximum absolute atomic E-state index is 14.7. The first-order chi connectivity index (χ1) is 22.4. The minimum Gasteiger partial charge on any atom is -0.490 e. The van der Waals surface area contributed by atoms with Crippen molar-refractivity contribution in [3.63, 3.8) is 0 Å². The highest BCUT2D eigenvalue weighted by Crippen LogP contribution is 2.46. The molecule has 0 amide bonds. The second-order valence-corrected chi connectivity index (χ2v) is 13.6. The Balaban J connectivity index is 1.37. The lowest BCUT2D eigenvalue weighted by Gasteiger charge is -2.25. The predicted molar refractivity (Wildman–Crippen MR) is 183 cm³/mol. The Hall–Kier alpha value is -4.50. The van der Waals surface area contributed by atoms with Crippen LogP contribution < -0.4 is 4.74 Å². The van der Waals surface area contributed by atoms with Crippen LogP contribution in [0.25, 0.3) is 0 Å². The fourth-order valence-corrected chi connectivity index (χ4v) is 7.97. The van der Waals surface area contributed by atoms with Crippen molar-refractivity contribution >= 4 is 52.8 Å². The summed E-state index contributed by atoms with van der Waals surface area (Å²) in [5.41, 5.74) is 2.57. The van der Waals surface area contributed by atoms with E-state index in [9.17, 15) is 14.4 Å². The molecule has 8 heteroatoms. The molecule has 0 fully saturated rings. The maximum Gasteiger partial charge on any atom is 0.330 e. The molecule has 0 spiro atoms. The molecule has 5 nitrogen and oxygen atoms in total. The number of rotatable bonds is 11. The van der Waals surface area contributed by atoms with Crippen LogP contribution in [0, 0.1) is 6.92 Å². The van der Waals surface area contributed by atoms with Crippen LogP contribution in [-0.4, -0.2) is 30.7 Å². The fraction of sp³-hybridized carbons (Fsp3) is 0.0789. The fourth-order valence-electron chi connectivity index (χ4n) is 5.05. The monoisotopic (exact) mass is 660 g/mol. The molecule has 0 saturated heterocycles. The van der Waals surface area contributed by atoms with Gasteiger partial charge in [-0.3, -0.25) is 9.59 Å². The highest BCUT2D eigenvalue weighted by molar-refractivity contribution is 8.00. The molecule has 1 aliphatic rings. The molecule has 228 valence electrons. The second kappa shape index (κ2) is 14.3. The van der Waals surface area contributed by atoms with Gasteiger partial charge in [0, 0.05) is 57.7 Å². The summed E-state index contributed by atoms with van der Waals surface area (Å²) in [6, 6.07) is 34.9. The molecular weight excluding hydrogens is 633 g/mol. The molecule has 5 aromatic carbocycles. The van der Waals surface area contributed by atoms with Crippen LogP contribution in [0.15, 0.2) is 151 Å². The van der Waals surface area contributed by atoms with Crippen molar-refractivity contribution < 1.29 is 23.9 Å². The Morgan fingerprint density at radius 1 is 0.609 bits per heavy atom. The molecule has 5 aromatic rings. The van der Waals surface area contributed by atoms with E-state index in [2.05, 4.69) is 6.58 Å². The minimum atomic E-state index is -0.497. The highest BCUT2D eigenvalue weighted by Gasteiger charge is 2.37. The molecule has 0 atom stereocenters. The number of ether oxygens (including phenoxy) is 2. The summed E-state index contributed by atoms with van der Waals surface area (Å²) in [5, 5.41) is 0. The molecule has 0 bridgehead atoms. The van der Waals surface area contributed by atoms with Crippen molar-refractivity contribution in [3.8, 4) is 5.75 Å². The standard InChI is InChI=1S/C38H28O5S3/c1-3-32(39)43-23-22-42-25-15-17-28(18-16-25)46-31-21-20-30(45-27-12-8-5-9-13-27)35-36(31)38(41)34-29(44-26-10-6-4-7-11-26)19-14-24(2)33(34)37(35)40/h3-21H,1,22-23H2,2H3. The zero-order valence-corrected chi connectivity index (χ0v) is 27.3. The van der Waals surface area contributed by atoms with Crippen molar-refractivity contribution in [3.05, 3.63) is 150 Å². The summed E-state index contributed by atoms with van der Waals surface area (Å²) in [6.07, 6.45) is 1.11. The molecule has 0 N–H and O–H groups in total. The summed E-state index contributed by atoms with van der Waals surface area (Å²) < 4.78 is 10.6. The number of hydrogen-bond donors (Lipinski definition) is 0. The zero-order chi connectivity index (χ0) is 32.0. The van der Waals surface area contributed by atoms with E-state index in [1.54, 1.807) is 0 Å². The molecular formula is C38H28O5S3. The summed E-state index contributed by atoms with van der Waals surface area (Å²) in [4.78, 5) is 45.4. The topological polar surface area (TPSA) is 69.7 Å². The van der Waals surface area contributed by atoms with Crippen molar-refractivity contribution in [1.82, 2.24) is 0 Å². The van der Waals surface area contributed by atoms with Gasteiger partial charge in [0.05, 0.1) is 0 Å². The van der Waals surface area contributed by atoms with Crippen LogP contribution in [0.4, 0.5) is 0 Å². The van der Waals surface area contributed by atoms with E-state index < -0.39 is 5.97 Å². The highest BCUT2D eigenvalue weighted by atomic mass is 32.2. The van der Waals surface area contributed by atoms with Gasteiger partial charge in [0.15, 0.2) is 11.6 Å². The second-order valence-electron chi connectivity index (χ2n) is 10.2. The van der Waals surface area contributed by atoms with Gasteiger partial charge in [0.1, 0.15) is 19.0 Å². The van der Waals surface area contributed by atoms with Crippen LogP contribution in [0.1, 0.15) is 37.4 Å². The quantitative estimate of drug-likeness (QED) is 0.0774. The SMILES string of the molecule is C=CC(=O)OCCOc1ccc(Sc2ccc(Sc3ccccc3)c3c2C(=O)c2c(Sc4ccccc4)ccc(C)c2C3=O)cc1. The van der Waals surface area contributed by atoms with E-state index in [4.69, 9.17) is 9.47 Å². The Morgan fingerprint density at radius 3 is 1.59 bits per heavy atom. The third kappa shape index (κ3) is 6.84. The van der Waals surface area contributed by atoms with Gasteiger partial charge in [-0.2, -0.15) is 0 Å². The number of fused-ring (bicyclic) bond motifs is 2. The van der Waals surface area contributed by atoms with Crippen molar-refractivity contribution in [2.24, 2.45) is 0 Å². The zero-order valence-electron chi connectivity index (χ0n) is 24.9. The number of benzene rings is 5. The Morgan fingerprint density at radius 2 is 1.07 bits per heavy atom. The molecule has 0 aliphatic heterocycles. The minimum absolute atomic E-state index is 0.114. The number of ketones is 2. The van der Waals surface area contributed by atoms with Gasteiger partial charge in [0.25, 0.3) is 0 Å². The largest absolute Gasteiger partial charge is 0.490 e. The molecule has 6 rings (SSSR count). The number of hydrogen-bond acceptors (Lipinski definition) is 8. The summed E-state index contributed by atoms with van der Waals surface area (Å²) >= 11 is 4.40. The first-order valence-electron chi connectivity index (χ1n) is 14.5. The number of aryl methyl sites for hydroxylation is 1. The number of carbonyl (C=O) groups is 3. The van der Waals surface area contributed by atoms with E-state index in [1.807, 2.05) is 116 Å². The third-order valence-electron chi connectivity index (χ3n) is 7.17. The van der Waals surface area contributed by atoms with Crippen molar-refractivity contribution in [2.75, 3.05) is 13.2 Å². The van der Waals surface area contributed by atoms with E-state index in [-0.39, 0.29) is 24.8 Å². The summed E-state index contributed by atoms with van der Waals surface area (Å²) in [7, 11) is 0. The Kier molecular flexibility index (Phi) is 9.78. The van der Waals surface area contributed by atoms with Crippen molar-refractivity contribution in [1.29, 1.82) is 0 Å². The molecule has 0 saturated carbocycles. The Bertz CT molecular complexity index is 1940. The van der Waals surface area contributed by atoms with Crippen LogP contribution in [0.2, 0.25) is 0 Å². The number of esters is 1. The molecule has 0 heterocycles. The first kappa shape index (κ1) is 31.5. The molecule has 1 aliphatic carbocycles. The molecule has 0 aromatic heterocycles. The van der Waals surface area contributed by atoms with Gasteiger partial charge in [-0.15, -0.1) is 0 Å². The molecule has 0 radical (unpaired) electrons. The number of carbonyl (C=O) groups excluding carboxylic acids is 3. The first-order valence-corrected chi connectivity index (χ1v) is 16.9. The lowest BCUT2D eigenvalue weighted by atomic mass is 9.82. The van der Waals surface area contributed by atoms with Crippen LogP contribution in [0.3, 0.4) is 0 Å². The lowest BCUT2D eigenvalue weighted by Crippen LogP contribution is -2.24. The van der Waals surface area contributed by atoms with Gasteiger partial charge in [-0.1, -0.05) is 84.3 Å². The third-order valence-corrected chi connectivity index (χ3v) is 10.4. The lowest BCUT2D eigenvalue weighted by molar-refractivity contribution is -0.138. The van der Waals surface area contributed by atoms with Crippen molar-refractivity contribution in [2.45, 2.75) is 36.3 Å². The van der Waals surface area contributed by atoms with Gasteiger partial charge in [-0.25, -0.2) is 4.79 Å². The maximum atomic E-state index is 14.7. The van der Waals surface area contributed by atoms with Gasteiger partial charge < -0.3 is 9.47 Å². The van der Waals surface area contributed by atoms with Crippen LogP contribution >= 0.6 is 35.3 Å². The van der Waals surface area contributed by atoms with Crippen LogP contribution in [-0.2, 0) is 9.53 Å². The predicted octanol–water partition coefficient (Wildman–Crippen LogP) is 9.33.